The van der Waals surface area contributed by atoms with Crippen LogP contribution in [-0.4, -0.2) is 31.1 Å². The number of methoxy groups -OCH3 is 2. The van der Waals surface area contributed by atoms with Gasteiger partial charge < -0.3 is 14.6 Å². The maximum atomic E-state index is 11.5. The van der Waals surface area contributed by atoms with Gasteiger partial charge in [0.2, 0.25) is 0 Å². The Bertz CT molecular complexity index is 450. The maximum absolute atomic E-state index is 11.5. The molecule has 1 rings (SSSR count). The summed E-state index contributed by atoms with van der Waals surface area (Å²) >= 11 is 0. The Morgan fingerprint density at radius 3 is 2.12 bits per heavy atom. The summed E-state index contributed by atoms with van der Waals surface area (Å²) in [5, 5.41) is 8.72. The summed E-state index contributed by atoms with van der Waals surface area (Å²) in [7, 11) is 2.91. The number of rotatable bonds is 5. The molecule has 0 atom stereocenters. The lowest BCUT2D eigenvalue weighted by molar-refractivity contribution is -0.131. The average Bonchev–Trinajstić information content (AvgIpc) is 2.35. The molecule has 0 bridgehead atoms. The van der Waals surface area contributed by atoms with Crippen molar-refractivity contribution < 1.29 is 24.2 Å². The number of aryl methyl sites for hydroxylation is 1. The zero-order valence-corrected chi connectivity index (χ0v) is 9.94. The fraction of sp³-hybridized carbons (Fsp3) is 0.333. The number of carboxylic acid groups (broad SMARTS) is 1. The van der Waals surface area contributed by atoms with Crippen molar-refractivity contribution >= 4 is 11.8 Å². The molecule has 1 N–H and O–H groups in total. The zero-order valence-electron chi connectivity index (χ0n) is 9.94. The molecule has 0 unspecified atom stereocenters. The predicted octanol–water partition coefficient (Wildman–Crippen LogP) is 1.53. The van der Waals surface area contributed by atoms with Crippen molar-refractivity contribution in [2.75, 3.05) is 14.2 Å². The van der Waals surface area contributed by atoms with Gasteiger partial charge in [-0.15, -0.1) is 0 Å². The van der Waals surface area contributed by atoms with Crippen LogP contribution in [0.5, 0.6) is 11.5 Å². The summed E-state index contributed by atoms with van der Waals surface area (Å²) in [6.07, 6.45) is 0.536. The Balaban J connectivity index is 3.38. The highest BCUT2D eigenvalue weighted by atomic mass is 16.5. The van der Waals surface area contributed by atoms with Gasteiger partial charge >= 0.3 is 5.97 Å². The molecule has 0 aliphatic heterocycles. The predicted molar refractivity (Wildman–Crippen MR) is 60.9 cm³/mol. The number of hydrogen-bond donors (Lipinski definition) is 1. The summed E-state index contributed by atoms with van der Waals surface area (Å²) < 4.78 is 10.1. The minimum absolute atomic E-state index is 0.137. The molecule has 0 aliphatic carbocycles. The molecular weight excluding hydrogens is 224 g/mol. The van der Waals surface area contributed by atoms with Crippen molar-refractivity contribution in [2.45, 2.75) is 13.3 Å². The van der Waals surface area contributed by atoms with Crippen molar-refractivity contribution in [3.05, 3.63) is 23.3 Å². The molecule has 0 saturated heterocycles. The molecule has 0 aliphatic rings. The summed E-state index contributed by atoms with van der Waals surface area (Å²) in [6.45, 7) is 1.83. The van der Waals surface area contributed by atoms with Crippen LogP contribution in [0, 0.1) is 0 Å². The highest BCUT2D eigenvalue weighted by Crippen LogP contribution is 2.31. The third-order valence-electron chi connectivity index (χ3n) is 2.43. The second-order valence-corrected chi connectivity index (χ2v) is 3.35. The van der Waals surface area contributed by atoms with E-state index in [1.54, 1.807) is 6.07 Å². The first kappa shape index (κ1) is 13.0. The van der Waals surface area contributed by atoms with E-state index in [1.165, 1.54) is 20.3 Å². The molecule has 0 spiro atoms. The van der Waals surface area contributed by atoms with Crippen LogP contribution in [-0.2, 0) is 11.2 Å². The first-order chi connectivity index (χ1) is 8.04. The Kier molecular flexibility index (Phi) is 4.09. The van der Waals surface area contributed by atoms with Crippen LogP contribution in [0.15, 0.2) is 12.1 Å². The lowest BCUT2D eigenvalue weighted by atomic mass is 10.0. The number of ketones is 1. The van der Waals surface area contributed by atoms with Gasteiger partial charge in [-0.1, -0.05) is 6.92 Å². The lowest BCUT2D eigenvalue weighted by Crippen LogP contribution is -2.15. The number of carbonyl (C=O) groups excluding carboxylic acids is 1. The van der Waals surface area contributed by atoms with Gasteiger partial charge in [0.05, 0.1) is 14.2 Å². The fourth-order valence-corrected chi connectivity index (χ4v) is 1.54. The van der Waals surface area contributed by atoms with E-state index in [0.717, 1.165) is 0 Å². The Morgan fingerprint density at radius 2 is 1.71 bits per heavy atom. The third kappa shape index (κ3) is 2.55. The highest BCUT2D eigenvalue weighted by Gasteiger charge is 2.20. The largest absolute Gasteiger partial charge is 0.493 e. The number of benzene rings is 1. The third-order valence-corrected chi connectivity index (χ3v) is 2.43. The second-order valence-electron chi connectivity index (χ2n) is 3.35. The van der Waals surface area contributed by atoms with Gasteiger partial charge in [-0.05, 0) is 24.1 Å². The molecule has 0 saturated carbocycles. The summed E-state index contributed by atoms with van der Waals surface area (Å²) in [5.41, 5.74) is 0.757. The smallest absolute Gasteiger partial charge is 0.377 e. The first-order valence-corrected chi connectivity index (χ1v) is 5.07. The van der Waals surface area contributed by atoms with Crippen LogP contribution in [0.25, 0.3) is 0 Å². The standard InChI is InChI=1S/C12H14O5/c1-4-7-5-9(16-2)10(17-3)6-8(7)11(13)12(14)15/h5-6H,4H2,1-3H3,(H,14,15). The molecule has 92 valence electrons. The van der Waals surface area contributed by atoms with Gasteiger partial charge in [0.25, 0.3) is 5.78 Å². The van der Waals surface area contributed by atoms with Gasteiger partial charge in [0.1, 0.15) is 0 Å². The molecule has 5 nitrogen and oxygen atoms in total. The SMILES string of the molecule is CCc1cc(OC)c(OC)cc1C(=O)C(=O)O. The number of carboxylic acids is 1. The lowest BCUT2D eigenvalue weighted by Gasteiger charge is -2.12. The van der Waals surface area contributed by atoms with Crippen LogP contribution < -0.4 is 9.47 Å². The molecule has 0 fully saturated rings. The maximum Gasteiger partial charge on any atom is 0.377 e. The molecule has 0 heterocycles. The first-order valence-electron chi connectivity index (χ1n) is 5.07. The Labute approximate surface area is 99.0 Å². The van der Waals surface area contributed by atoms with E-state index in [-0.39, 0.29) is 5.56 Å². The van der Waals surface area contributed by atoms with Gasteiger partial charge in [-0.2, -0.15) is 0 Å². The minimum atomic E-state index is -1.48. The zero-order chi connectivity index (χ0) is 13.0. The van der Waals surface area contributed by atoms with E-state index in [9.17, 15) is 9.59 Å². The van der Waals surface area contributed by atoms with E-state index in [4.69, 9.17) is 14.6 Å². The molecule has 0 amide bonds. The number of ether oxygens (including phenoxy) is 2. The summed E-state index contributed by atoms with van der Waals surface area (Å²) in [5.74, 6) is -1.60. The van der Waals surface area contributed by atoms with Crippen LogP contribution in [0.2, 0.25) is 0 Å². The van der Waals surface area contributed by atoms with Crippen molar-refractivity contribution in [3.8, 4) is 11.5 Å². The van der Waals surface area contributed by atoms with Crippen LogP contribution >= 0.6 is 0 Å². The van der Waals surface area contributed by atoms with E-state index < -0.39 is 11.8 Å². The minimum Gasteiger partial charge on any atom is -0.493 e. The van der Waals surface area contributed by atoms with Gasteiger partial charge in [-0.3, -0.25) is 4.79 Å². The number of carbonyl (C=O) groups is 2. The van der Waals surface area contributed by atoms with Gasteiger partial charge in [0, 0.05) is 5.56 Å². The molecular formula is C12H14O5. The van der Waals surface area contributed by atoms with Gasteiger partial charge in [0.15, 0.2) is 11.5 Å². The molecule has 1 aromatic carbocycles. The quantitative estimate of drug-likeness (QED) is 0.622. The molecule has 17 heavy (non-hydrogen) atoms. The number of aliphatic carboxylic acids is 1. The van der Waals surface area contributed by atoms with Gasteiger partial charge in [-0.25, -0.2) is 4.79 Å². The normalized spacial score (nSPS) is 9.82. The fourth-order valence-electron chi connectivity index (χ4n) is 1.54. The molecule has 5 heteroatoms. The molecule has 0 radical (unpaired) electrons. The van der Waals surface area contributed by atoms with Crippen molar-refractivity contribution in [3.63, 3.8) is 0 Å². The van der Waals surface area contributed by atoms with E-state index in [1.807, 2.05) is 6.92 Å². The second kappa shape index (κ2) is 5.34. The molecule has 0 aromatic heterocycles. The number of Topliss-reactive ketones (excluding diaryl/α,β-unsaturated/α-hetero) is 1. The highest BCUT2D eigenvalue weighted by molar-refractivity contribution is 6.40. The summed E-state index contributed by atoms with van der Waals surface area (Å²) in [6, 6.07) is 3.02. The topological polar surface area (TPSA) is 72.8 Å². The van der Waals surface area contributed by atoms with E-state index in [0.29, 0.717) is 23.5 Å². The monoisotopic (exact) mass is 238 g/mol. The van der Waals surface area contributed by atoms with Crippen LogP contribution in [0.1, 0.15) is 22.8 Å². The van der Waals surface area contributed by atoms with Crippen LogP contribution in [0.4, 0.5) is 0 Å². The van der Waals surface area contributed by atoms with Crippen molar-refractivity contribution in [1.29, 1.82) is 0 Å². The Hall–Kier alpha value is -2.04. The van der Waals surface area contributed by atoms with E-state index >= 15 is 0 Å². The average molecular weight is 238 g/mol. The van der Waals surface area contributed by atoms with Crippen molar-refractivity contribution in [2.24, 2.45) is 0 Å². The Morgan fingerprint density at radius 1 is 1.18 bits per heavy atom. The summed E-state index contributed by atoms with van der Waals surface area (Å²) in [4.78, 5) is 22.2. The van der Waals surface area contributed by atoms with Crippen molar-refractivity contribution in [1.82, 2.24) is 0 Å². The van der Waals surface area contributed by atoms with E-state index in [2.05, 4.69) is 0 Å². The number of hydrogen-bond acceptors (Lipinski definition) is 4. The molecule has 1 aromatic rings. The van der Waals surface area contributed by atoms with Crippen LogP contribution in [0.3, 0.4) is 0 Å².